The van der Waals surface area contributed by atoms with E-state index in [4.69, 9.17) is 25.1 Å². The molecule has 13 heteroatoms. The van der Waals surface area contributed by atoms with Crippen LogP contribution in [0.15, 0.2) is 30.3 Å². The minimum atomic E-state index is -1.11. The van der Waals surface area contributed by atoms with Crippen LogP contribution in [0.3, 0.4) is 0 Å². The highest BCUT2D eigenvalue weighted by atomic mass is 33.1. The zero-order valence-electron chi connectivity index (χ0n) is 20.8. The molecule has 0 radical (unpaired) electrons. The van der Waals surface area contributed by atoms with Gasteiger partial charge in [0.15, 0.2) is 0 Å². The van der Waals surface area contributed by atoms with Crippen LogP contribution in [0.5, 0.6) is 0 Å². The van der Waals surface area contributed by atoms with Crippen molar-refractivity contribution >= 4 is 57.9 Å². The lowest BCUT2D eigenvalue weighted by molar-refractivity contribution is -0.167. The fourth-order valence-electron chi connectivity index (χ4n) is 2.59. The maximum Gasteiger partial charge on any atom is 0.511 e. The SMILES string of the molecule is CCOC(=O)OC(C)OC(=O)CNC(=O)[C@@H](CSSC[C@@H](N)CCSC)Cc1ccccc1.O=CO. The molecule has 10 nitrogen and oxygen atoms in total. The van der Waals surface area contributed by atoms with Crippen molar-refractivity contribution in [2.45, 2.75) is 39.0 Å². The third-order valence-electron chi connectivity index (χ3n) is 4.25. The number of carbonyl (C=O) groups excluding carboxylic acids is 3. The van der Waals surface area contributed by atoms with Crippen LogP contribution in [0.1, 0.15) is 25.8 Å². The lowest BCUT2D eigenvalue weighted by atomic mass is 10.0. The summed E-state index contributed by atoms with van der Waals surface area (Å²) in [4.78, 5) is 44.4. The van der Waals surface area contributed by atoms with E-state index in [0.29, 0.717) is 12.2 Å². The first-order valence-corrected chi connectivity index (χ1v) is 15.1. The highest BCUT2D eigenvalue weighted by Gasteiger charge is 2.21. The van der Waals surface area contributed by atoms with E-state index < -0.39 is 18.4 Å². The molecule has 1 unspecified atom stereocenters. The van der Waals surface area contributed by atoms with Crippen LogP contribution in [-0.4, -0.2) is 78.6 Å². The molecular weight excluding hydrogens is 528 g/mol. The van der Waals surface area contributed by atoms with Gasteiger partial charge in [-0.3, -0.25) is 14.4 Å². The molecule has 3 atom stereocenters. The summed E-state index contributed by atoms with van der Waals surface area (Å²) in [6.07, 6.45) is 1.54. The quantitative estimate of drug-likeness (QED) is 0.0888. The summed E-state index contributed by atoms with van der Waals surface area (Å²) in [5, 5.41) is 9.52. The van der Waals surface area contributed by atoms with Crippen molar-refractivity contribution in [3.8, 4) is 0 Å². The Labute approximate surface area is 224 Å². The smallest absolute Gasteiger partial charge is 0.483 e. The second-order valence-corrected chi connectivity index (χ2v) is 10.7. The van der Waals surface area contributed by atoms with E-state index in [9.17, 15) is 14.4 Å². The maximum atomic E-state index is 12.8. The number of nitrogens with one attached hydrogen (secondary N) is 1. The van der Waals surface area contributed by atoms with Crippen molar-refractivity contribution in [3.05, 3.63) is 35.9 Å². The van der Waals surface area contributed by atoms with Crippen LogP contribution in [0.2, 0.25) is 0 Å². The highest BCUT2D eigenvalue weighted by Crippen LogP contribution is 2.27. The van der Waals surface area contributed by atoms with Crippen LogP contribution < -0.4 is 11.1 Å². The second kappa shape index (κ2) is 22.1. The van der Waals surface area contributed by atoms with Gasteiger partial charge < -0.3 is 30.4 Å². The van der Waals surface area contributed by atoms with Crippen molar-refractivity contribution in [1.82, 2.24) is 5.32 Å². The number of nitrogens with two attached hydrogens (primary N) is 1. The zero-order chi connectivity index (χ0) is 27.2. The summed E-state index contributed by atoms with van der Waals surface area (Å²) >= 11 is 1.78. The Morgan fingerprint density at radius 1 is 1.14 bits per heavy atom. The summed E-state index contributed by atoms with van der Waals surface area (Å²) in [6, 6.07) is 9.86. The average molecular weight is 565 g/mol. The van der Waals surface area contributed by atoms with Gasteiger partial charge in [-0.15, -0.1) is 0 Å². The van der Waals surface area contributed by atoms with E-state index in [0.717, 1.165) is 23.5 Å². The molecule has 1 rings (SSSR count). The Balaban J connectivity index is 0.00000387. The number of carbonyl (C=O) groups is 4. The molecular formula is C23H36N2O8S3. The number of benzene rings is 1. The predicted molar refractivity (Wildman–Crippen MR) is 145 cm³/mol. The molecule has 0 saturated carbocycles. The van der Waals surface area contributed by atoms with E-state index in [1.165, 1.54) is 6.92 Å². The molecule has 1 aromatic rings. The molecule has 4 N–H and O–H groups in total. The minimum Gasteiger partial charge on any atom is -0.483 e. The Bertz CT molecular complexity index is 758. The van der Waals surface area contributed by atoms with Crippen LogP contribution in [0.4, 0.5) is 4.79 Å². The van der Waals surface area contributed by atoms with E-state index >= 15 is 0 Å². The van der Waals surface area contributed by atoms with Crippen molar-refractivity contribution < 1.29 is 38.5 Å². The van der Waals surface area contributed by atoms with Crippen LogP contribution in [0.25, 0.3) is 0 Å². The number of thioether (sulfide) groups is 1. The number of carboxylic acid groups (broad SMARTS) is 1. The molecule has 0 aliphatic rings. The predicted octanol–water partition coefficient (Wildman–Crippen LogP) is 3.19. The Morgan fingerprint density at radius 3 is 2.39 bits per heavy atom. The van der Waals surface area contributed by atoms with Gasteiger partial charge in [-0.25, -0.2) is 4.79 Å². The number of hydrogen-bond acceptors (Lipinski definition) is 11. The molecule has 204 valence electrons. The number of rotatable bonds is 16. The van der Waals surface area contributed by atoms with E-state index in [-0.39, 0.29) is 37.5 Å². The summed E-state index contributed by atoms with van der Waals surface area (Å²) in [5.41, 5.74) is 7.15. The van der Waals surface area contributed by atoms with Crippen molar-refractivity contribution in [3.63, 3.8) is 0 Å². The Morgan fingerprint density at radius 2 is 1.78 bits per heavy atom. The molecule has 1 aromatic carbocycles. The summed E-state index contributed by atoms with van der Waals surface area (Å²) in [7, 11) is 3.27. The monoisotopic (exact) mass is 564 g/mol. The van der Waals surface area contributed by atoms with Crippen LogP contribution >= 0.6 is 33.3 Å². The Hall–Kier alpha value is -2.09. The third-order valence-corrected chi connectivity index (χ3v) is 7.48. The van der Waals surface area contributed by atoms with Gasteiger partial charge in [-0.2, -0.15) is 11.8 Å². The van der Waals surface area contributed by atoms with E-state index in [1.807, 2.05) is 30.3 Å². The third kappa shape index (κ3) is 18.2. The lowest BCUT2D eigenvalue weighted by Crippen LogP contribution is -2.38. The van der Waals surface area contributed by atoms with Crippen LogP contribution in [0, 0.1) is 5.92 Å². The van der Waals surface area contributed by atoms with Gasteiger partial charge in [-0.1, -0.05) is 51.9 Å². The van der Waals surface area contributed by atoms with Crippen molar-refractivity contribution in [1.29, 1.82) is 0 Å². The molecule has 1 amide bonds. The molecule has 0 aliphatic heterocycles. The molecule has 36 heavy (non-hydrogen) atoms. The van der Waals surface area contributed by atoms with E-state index in [2.05, 4.69) is 16.3 Å². The van der Waals surface area contributed by atoms with Gasteiger partial charge in [0.2, 0.25) is 12.2 Å². The standard InChI is InChI=1S/C22H34N2O6S3.CH2O2/c1-4-28-22(27)30-16(2)29-20(25)13-24-21(26)18(12-17-8-6-5-7-9-17)14-32-33-15-19(23)10-11-31-3;2-1-3/h5-9,16,18-19H,4,10-15,23H2,1-3H3,(H,24,26);1H,(H,2,3)/t16?,18-,19+;/m1./s1. The number of ether oxygens (including phenoxy) is 3. The molecule has 0 bridgehead atoms. The summed E-state index contributed by atoms with van der Waals surface area (Å²) in [6.45, 7) is 2.61. The average Bonchev–Trinajstić information content (AvgIpc) is 2.84. The van der Waals surface area contributed by atoms with Gasteiger partial charge in [0.05, 0.1) is 12.5 Å². The first-order valence-electron chi connectivity index (χ1n) is 11.2. The molecule has 0 aliphatic carbocycles. The van der Waals surface area contributed by atoms with Gasteiger partial charge in [0.1, 0.15) is 6.54 Å². The summed E-state index contributed by atoms with van der Waals surface area (Å²) < 4.78 is 14.4. The first-order chi connectivity index (χ1) is 17.3. The fourth-order valence-corrected chi connectivity index (χ4v) is 5.69. The maximum absolute atomic E-state index is 12.8. The molecule has 0 fully saturated rings. The van der Waals surface area contributed by atoms with Gasteiger partial charge in [0, 0.05) is 24.5 Å². The highest BCUT2D eigenvalue weighted by molar-refractivity contribution is 8.76. The van der Waals surface area contributed by atoms with Gasteiger partial charge in [-0.05, 0) is 37.3 Å². The summed E-state index contributed by atoms with van der Waals surface area (Å²) in [5.74, 6) is 1.15. The second-order valence-electron chi connectivity index (χ2n) is 7.18. The van der Waals surface area contributed by atoms with Crippen molar-refractivity contribution in [2.24, 2.45) is 11.7 Å². The molecule has 0 spiro atoms. The zero-order valence-corrected chi connectivity index (χ0v) is 23.2. The first kappa shape index (κ1) is 33.9. The Kier molecular flexibility index (Phi) is 20.8. The lowest BCUT2D eigenvalue weighted by Gasteiger charge is -2.18. The largest absolute Gasteiger partial charge is 0.511 e. The molecule has 0 aromatic heterocycles. The van der Waals surface area contributed by atoms with Crippen molar-refractivity contribution in [2.75, 3.05) is 36.7 Å². The number of amides is 1. The number of hydrogen-bond donors (Lipinski definition) is 3. The fraction of sp³-hybridized carbons (Fsp3) is 0.565. The van der Waals surface area contributed by atoms with Gasteiger partial charge in [0.25, 0.3) is 6.47 Å². The van der Waals surface area contributed by atoms with Gasteiger partial charge >= 0.3 is 12.1 Å². The van der Waals surface area contributed by atoms with E-state index in [1.54, 1.807) is 40.3 Å². The minimum absolute atomic E-state index is 0.130. The van der Waals surface area contributed by atoms with Crippen LogP contribution in [-0.2, 0) is 35.0 Å². The normalized spacial score (nSPS) is 12.7. The topological polar surface area (TPSA) is 154 Å². The molecule has 0 heterocycles. The number of esters is 1. The molecule has 0 saturated heterocycles.